The van der Waals surface area contributed by atoms with E-state index in [9.17, 15) is 28.8 Å². The Morgan fingerprint density at radius 1 is 1.00 bits per heavy atom. The van der Waals surface area contributed by atoms with E-state index in [0.717, 1.165) is 53.9 Å². The second-order valence-corrected chi connectivity index (χ2v) is 13.8. The summed E-state index contributed by atoms with van der Waals surface area (Å²) < 4.78 is 0. The fraction of sp³-hybridized carbons (Fsp3) is 0.400. The molecule has 15 nitrogen and oxygen atoms in total. The van der Waals surface area contributed by atoms with Crippen LogP contribution in [0.15, 0.2) is 97.1 Å². The fourth-order valence-corrected chi connectivity index (χ4v) is 5.87. The van der Waals surface area contributed by atoms with Crippen molar-refractivity contribution in [2.75, 3.05) is 18.4 Å². The Balaban J connectivity index is 0.000000460. The number of carbonyl (C=O) groups is 6. The van der Waals surface area contributed by atoms with Crippen LogP contribution < -0.4 is 32.3 Å². The van der Waals surface area contributed by atoms with E-state index in [1.165, 1.54) is 5.56 Å². The lowest BCUT2D eigenvalue weighted by Crippen LogP contribution is -2.60. The van der Waals surface area contributed by atoms with Crippen molar-refractivity contribution >= 4 is 59.2 Å². The van der Waals surface area contributed by atoms with Crippen molar-refractivity contribution in [2.24, 2.45) is 5.73 Å². The first kappa shape index (κ1) is 51.5. The predicted molar refractivity (Wildman–Crippen MR) is 238 cm³/mol. The van der Waals surface area contributed by atoms with Gasteiger partial charge in [-0.3, -0.25) is 28.8 Å². The van der Waals surface area contributed by atoms with Crippen LogP contribution >= 0.6 is 0 Å². The zero-order chi connectivity index (χ0) is 44.6. The molecule has 4 rings (SSSR count). The molecule has 0 spiro atoms. The van der Waals surface area contributed by atoms with Gasteiger partial charge in [0.1, 0.15) is 11.6 Å². The highest BCUT2D eigenvalue weighted by atomic mass is 16.4. The summed E-state index contributed by atoms with van der Waals surface area (Å²) in [6.07, 6.45) is 19.1. The molecule has 326 valence electrons. The first-order chi connectivity index (χ1) is 28.9. The van der Waals surface area contributed by atoms with Gasteiger partial charge in [-0.15, -0.1) is 0 Å². The number of hydrogen-bond donors (Lipinski definition) is 8. The average molecular weight is 829 g/mol. The van der Waals surface area contributed by atoms with Crippen LogP contribution in [0.5, 0.6) is 0 Å². The number of aromatic nitrogens is 2. The summed E-state index contributed by atoms with van der Waals surface area (Å²) in [4.78, 5) is 74.3. The molecule has 1 saturated carbocycles. The molecular formula is C45H64N8O7. The summed E-state index contributed by atoms with van der Waals surface area (Å²) in [6.45, 7) is 11.8. The number of allylic oxidation sites excluding steroid dienone is 7. The highest BCUT2D eigenvalue weighted by molar-refractivity contribution is 5.93. The minimum absolute atomic E-state index is 0.292. The van der Waals surface area contributed by atoms with Gasteiger partial charge in [-0.2, -0.15) is 0 Å². The van der Waals surface area contributed by atoms with Gasteiger partial charge in [0.2, 0.25) is 36.5 Å². The molecule has 0 bridgehead atoms. The molecule has 0 saturated heterocycles. The molecule has 1 atom stereocenters. The Morgan fingerprint density at radius 2 is 1.73 bits per heavy atom. The summed E-state index contributed by atoms with van der Waals surface area (Å²) >= 11 is 0. The number of H-pyrrole nitrogens is 1. The number of imidazole rings is 1. The summed E-state index contributed by atoms with van der Waals surface area (Å²) in [5, 5.41) is 21.2. The lowest BCUT2D eigenvalue weighted by molar-refractivity contribution is -0.137. The van der Waals surface area contributed by atoms with Crippen molar-refractivity contribution in [1.82, 2.24) is 31.2 Å². The van der Waals surface area contributed by atoms with E-state index in [4.69, 9.17) is 10.8 Å². The van der Waals surface area contributed by atoms with Crippen LogP contribution in [0.1, 0.15) is 90.5 Å². The number of benzene rings is 2. The second kappa shape index (κ2) is 30.6. The normalized spacial score (nSPS) is 13.4. The van der Waals surface area contributed by atoms with Crippen LogP contribution in [0.2, 0.25) is 0 Å². The van der Waals surface area contributed by atoms with E-state index in [-0.39, 0.29) is 6.54 Å². The molecule has 3 aromatic rings. The van der Waals surface area contributed by atoms with E-state index in [1.807, 2.05) is 93.6 Å². The highest BCUT2D eigenvalue weighted by Crippen LogP contribution is 2.28. The molecule has 1 aliphatic carbocycles. The van der Waals surface area contributed by atoms with Crippen LogP contribution in [0.3, 0.4) is 0 Å². The number of unbranched alkanes of at least 4 members (excludes halogenated alkanes) is 1. The molecule has 60 heavy (non-hydrogen) atoms. The smallest absolute Gasteiger partial charge is 0.303 e. The number of anilines is 2. The van der Waals surface area contributed by atoms with Gasteiger partial charge in [-0.25, -0.2) is 4.98 Å². The van der Waals surface area contributed by atoms with Gasteiger partial charge in [0.25, 0.3) is 0 Å². The van der Waals surface area contributed by atoms with Gasteiger partial charge >= 0.3 is 5.97 Å². The molecule has 1 heterocycles. The van der Waals surface area contributed by atoms with Gasteiger partial charge < -0.3 is 42.4 Å². The number of aryl methyl sites for hydroxylation is 1. The van der Waals surface area contributed by atoms with Gasteiger partial charge in [-0.05, 0) is 94.7 Å². The zero-order valence-corrected chi connectivity index (χ0v) is 35.4. The molecule has 1 fully saturated rings. The maximum absolute atomic E-state index is 12.2. The van der Waals surface area contributed by atoms with Crippen molar-refractivity contribution in [3.63, 3.8) is 0 Å². The quantitative estimate of drug-likeness (QED) is 0.0369. The molecule has 15 heteroatoms. The third-order valence-electron chi connectivity index (χ3n) is 8.92. The summed E-state index contributed by atoms with van der Waals surface area (Å²) in [5.41, 5.74) is 9.85. The number of aromatic amines is 1. The minimum Gasteiger partial charge on any atom is -0.481 e. The van der Waals surface area contributed by atoms with Gasteiger partial charge in [-0.1, -0.05) is 93.5 Å². The molecule has 1 aromatic heterocycles. The SMILES string of the molecule is C=CC(/C=C/C)=C\C=C/C.CCCC(=O)O.Cc1cccc(Nc2nc3ccccc3[nH]2)c1.NC(=O)C1(NC(=O)CNC(=O)C(CCCCNC=O)NC=O)CCCCC1. The number of fused-ring (bicyclic) bond motifs is 1. The largest absolute Gasteiger partial charge is 0.481 e. The molecule has 1 aliphatic rings. The monoisotopic (exact) mass is 828 g/mol. The molecule has 0 aliphatic heterocycles. The van der Waals surface area contributed by atoms with Gasteiger partial charge in [0.15, 0.2) is 0 Å². The van der Waals surface area contributed by atoms with Gasteiger partial charge in [0.05, 0.1) is 17.6 Å². The molecule has 9 N–H and O–H groups in total. The van der Waals surface area contributed by atoms with Crippen molar-refractivity contribution in [3.05, 3.63) is 103 Å². The lowest BCUT2D eigenvalue weighted by Gasteiger charge is -2.35. The average Bonchev–Trinajstić information content (AvgIpc) is 3.64. The Morgan fingerprint density at radius 3 is 2.30 bits per heavy atom. The number of nitrogens with zero attached hydrogens (tertiary/aromatic N) is 1. The number of amides is 5. The number of hydrogen-bond acceptors (Lipinski definition) is 8. The van der Waals surface area contributed by atoms with Crippen LogP contribution in [-0.2, 0) is 28.8 Å². The van der Waals surface area contributed by atoms with E-state index < -0.39 is 35.3 Å². The predicted octanol–water partition coefficient (Wildman–Crippen LogP) is 6.17. The highest BCUT2D eigenvalue weighted by Gasteiger charge is 2.39. The number of nitrogens with one attached hydrogen (secondary N) is 6. The van der Waals surface area contributed by atoms with E-state index >= 15 is 0 Å². The van der Waals surface area contributed by atoms with Crippen LogP contribution in [0, 0.1) is 6.92 Å². The van der Waals surface area contributed by atoms with Gasteiger partial charge in [0, 0.05) is 18.7 Å². The van der Waals surface area contributed by atoms with Crippen molar-refractivity contribution in [1.29, 1.82) is 0 Å². The minimum atomic E-state index is -1.05. The molecule has 0 radical (unpaired) electrons. The number of nitrogens with two attached hydrogens (primary N) is 1. The topological polar surface area (TPSA) is 237 Å². The Kier molecular flexibility index (Phi) is 26.2. The summed E-state index contributed by atoms with van der Waals surface area (Å²) in [7, 11) is 0. The number of aliphatic carboxylic acids is 1. The maximum Gasteiger partial charge on any atom is 0.303 e. The molecule has 2 aromatic carbocycles. The number of carbonyl (C=O) groups excluding carboxylic acids is 5. The lowest BCUT2D eigenvalue weighted by atomic mass is 9.81. The molecule has 5 amide bonds. The van der Waals surface area contributed by atoms with Crippen LogP contribution in [0.25, 0.3) is 11.0 Å². The fourth-order valence-electron chi connectivity index (χ4n) is 5.87. The Hall–Kier alpha value is -6.51. The van der Waals surface area contributed by atoms with Crippen molar-refractivity contribution in [2.45, 2.75) is 103 Å². The van der Waals surface area contributed by atoms with Crippen LogP contribution in [-0.4, -0.2) is 76.3 Å². The number of para-hydroxylation sites is 2. The zero-order valence-electron chi connectivity index (χ0n) is 35.4. The first-order valence-electron chi connectivity index (χ1n) is 20.2. The first-order valence-corrected chi connectivity index (χ1v) is 20.2. The van der Waals surface area contributed by atoms with E-state index in [2.05, 4.69) is 62.2 Å². The van der Waals surface area contributed by atoms with Crippen molar-refractivity contribution < 1.29 is 33.9 Å². The number of rotatable bonds is 20. The summed E-state index contributed by atoms with van der Waals surface area (Å²) in [5.74, 6) is -1.48. The molecule has 1 unspecified atom stereocenters. The standard InChI is InChI=1S/C17H29N5O5.C14H13N3.C10H14.C4H8O2/c18-16(27)17(7-3-1-4-8-17)22-14(25)10-20-15(26)13(21-12-24)6-2-5-9-19-11-23;1-10-5-4-6-11(9-10)15-14-16-12-7-2-3-8-13(12)17-14;1-4-7-9-10(6-3)8-5-2;1-2-3-4(5)6/h11-13H,1-10H2,(H2,18,27)(H,19,23)(H,20,26)(H,21,24)(H,22,25);2-9H,1H3,(H2,15,16,17);4-9H,3H2,1-2H3;2-3H2,1H3,(H,5,6)/b;;7-4-,8-5+,10-9+;. The Bertz CT molecular complexity index is 1850. The number of carboxylic acids is 1. The van der Waals surface area contributed by atoms with E-state index in [1.54, 1.807) is 0 Å². The maximum atomic E-state index is 12.2. The third-order valence-corrected chi connectivity index (χ3v) is 8.92. The Labute approximate surface area is 353 Å². The third kappa shape index (κ3) is 21.3. The number of carboxylic acid groups (broad SMARTS) is 1. The second-order valence-electron chi connectivity index (χ2n) is 13.8. The van der Waals surface area contributed by atoms with Crippen LogP contribution in [0.4, 0.5) is 11.6 Å². The number of primary amides is 1. The van der Waals surface area contributed by atoms with Crippen molar-refractivity contribution in [3.8, 4) is 0 Å². The molecular weight excluding hydrogens is 765 g/mol. The van der Waals surface area contributed by atoms with E-state index in [0.29, 0.717) is 57.9 Å². The summed E-state index contributed by atoms with van der Waals surface area (Å²) in [6, 6.07) is 15.4.